The van der Waals surface area contributed by atoms with Crippen LogP contribution < -0.4 is 10.9 Å². The lowest BCUT2D eigenvalue weighted by atomic mass is 10.1. The second kappa shape index (κ2) is 7.23. The molecular weight excluding hydrogens is 320 g/mol. The number of carbonyl (C=O) groups excluding carboxylic acids is 1. The van der Waals surface area contributed by atoms with Gasteiger partial charge in [-0.3, -0.25) is 19.6 Å². The van der Waals surface area contributed by atoms with Crippen LogP contribution in [0.25, 0.3) is 10.9 Å². The van der Waals surface area contributed by atoms with Crippen LogP contribution in [0, 0.1) is 6.92 Å². The SMILES string of the molecule is COCCn1ccc2nc(C)c(C(=O)Nc3cccnc3)cc2c1=O. The summed E-state index contributed by atoms with van der Waals surface area (Å²) in [5, 5.41) is 3.17. The lowest BCUT2D eigenvalue weighted by Gasteiger charge is -2.10. The summed E-state index contributed by atoms with van der Waals surface area (Å²) in [6.07, 6.45) is 4.87. The predicted octanol–water partition coefficient (Wildman–Crippen LogP) is 2.00. The Morgan fingerprint density at radius 3 is 2.92 bits per heavy atom. The van der Waals surface area contributed by atoms with Crippen LogP contribution >= 0.6 is 0 Å². The number of rotatable bonds is 5. The van der Waals surface area contributed by atoms with Gasteiger partial charge in [0.05, 0.1) is 40.7 Å². The third-order valence-electron chi connectivity index (χ3n) is 3.85. The molecule has 0 bridgehead atoms. The summed E-state index contributed by atoms with van der Waals surface area (Å²) < 4.78 is 6.56. The molecule has 1 N–H and O–H groups in total. The summed E-state index contributed by atoms with van der Waals surface area (Å²) in [5.74, 6) is -0.327. The van der Waals surface area contributed by atoms with Crippen LogP contribution in [0.1, 0.15) is 16.1 Å². The molecule has 0 unspecified atom stereocenters. The molecule has 3 aromatic heterocycles. The van der Waals surface area contributed by atoms with Crippen molar-refractivity contribution >= 4 is 22.5 Å². The minimum absolute atomic E-state index is 0.197. The summed E-state index contributed by atoms with van der Waals surface area (Å²) in [7, 11) is 1.58. The number of hydrogen-bond acceptors (Lipinski definition) is 5. The van der Waals surface area contributed by atoms with E-state index >= 15 is 0 Å². The van der Waals surface area contributed by atoms with Crippen LogP contribution in [0.4, 0.5) is 5.69 Å². The molecule has 7 heteroatoms. The number of fused-ring (bicyclic) bond motifs is 1. The van der Waals surface area contributed by atoms with Crippen LogP contribution in [0.15, 0.2) is 47.7 Å². The van der Waals surface area contributed by atoms with Crippen LogP contribution in [0.2, 0.25) is 0 Å². The Morgan fingerprint density at radius 1 is 1.36 bits per heavy atom. The van der Waals surface area contributed by atoms with Gasteiger partial charge in [-0.05, 0) is 31.2 Å². The molecular formula is C18H18N4O3. The van der Waals surface area contributed by atoms with Crippen molar-refractivity contribution < 1.29 is 9.53 Å². The van der Waals surface area contributed by atoms with E-state index in [0.717, 1.165) is 0 Å². The van der Waals surface area contributed by atoms with E-state index in [0.29, 0.717) is 41.0 Å². The largest absolute Gasteiger partial charge is 0.383 e. The van der Waals surface area contributed by atoms with Gasteiger partial charge < -0.3 is 14.6 Å². The van der Waals surface area contributed by atoms with Gasteiger partial charge in [0.25, 0.3) is 11.5 Å². The number of methoxy groups -OCH3 is 1. The molecule has 0 aliphatic rings. The zero-order valence-corrected chi connectivity index (χ0v) is 14.0. The van der Waals surface area contributed by atoms with E-state index in [4.69, 9.17) is 4.74 Å². The Labute approximate surface area is 144 Å². The second-order valence-electron chi connectivity index (χ2n) is 5.56. The van der Waals surface area contributed by atoms with Gasteiger partial charge in [0.1, 0.15) is 0 Å². The zero-order chi connectivity index (χ0) is 17.8. The number of amides is 1. The van der Waals surface area contributed by atoms with Crippen molar-refractivity contribution in [2.75, 3.05) is 19.0 Å². The molecule has 0 spiro atoms. The fourth-order valence-corrected chi connectivity index (χ4v) is 2.54. The number of carbonyl (C=O) groups is 1. The highest BCUT2D eigenvalue weighted by Gasteiger charge is 2.14. The smallest absolute Gasteiger partial charge is 0.260 e. The van der Waals surface area contributed by atoms with Gasteiger partial charge in [0, 0.05) is 26.0 Å². The van der Waals surface area contributed by atoms with E-state index in [1.54, 1.807) is 61.5 Å². The van der Waals surface area contributed by atoms with Crippen LogP contribution in [0.5, 0.6) is 0 Å². The van der Waals surface area contributed by atoms with E-state index in [1.807, 2.05) is 0 Å². The number of nitrogens with one attached hydrogen (secondary N) is 1. The molecule has 0 atom stereocenters. The maximum atomic E-state index is 12.6. The first-order valence-electron chi connectivity index (χ1n) is 7.81. The van der Waals surface area contributed by atoms with E-state index < -0.39 is 0 Å². The van der Waals surface area contributed by atoms with Crippen LogP contribution in [0.3, 0.4) is 0 Å². The standard InChI is InChI=1S/C18H18N4O3/c1-12-14(17(23)21-13-4-3-6-19-11-13)10-15-16(20-12)5-7-22(18(15)24)8-9-25-2/h3-7,10-11H,8-9H2,1-2H3,(H,21,23). The minimum atomic E-state index is -0.327. The minimum Gasteiger partial charge on any atom is -0.383 e. The van der Waals surface area contributed by atoms with Crippen molar-refractivity contribution in [3.8, 4) is 0 Å². The van der Waals surface area contributed by atoms with E-state index in [-0.39, 0.29) is 11.5 Å². The van der Waals surface area contributed by atoms with Gasteiger partial charge in [-0.2, -0.15) is 0 Å². The maximum absolute atomic E-state index is 12.6. The van der Waals surface area contributed by atoms with Crippen LogP contribution in [-0.2, 0) is 11.3 Å². The number of nitrogens with zero attached hydrogens (tertiary/aromatic N) is 3. The maximum Gasteiger partial charge on any atom is 0.260 e. The highest BCUT2D eigenvalue weighted by Crippen LogP contribution is 2.15. The first-order chi connectivity index (χ1) is 12.1. The Bertz CT molecular complexity index is 967. The summed E-state index contributed by atoms with van der Waals surface area (Å²) in [5.41, 5.74) is 1.87. The molecule has 128 valence electrons. The van der Waals surface area contributed by atoms with Crippen molar-refractivity contribution in [1.82, 2.24) is 14.5 Å². The normalized spacial score (nSPS) is 10.8. The molecule has 0 aliphatic carbocycles. The Morgan fingerprint density at radius 2 is 2.20 bits per heavy atom. The molecule has 0 saturated carbocycles. The highest BCUT2D eigenvalue weighted by molar-refractivity contribution is 6.06. The molecule has 3 heterocycles. The van der Waals surface area contributed by atoms with Crippen molar-refractivity contribution in [1.29, 1.82) is 0 Å². The van der Waals surface area contributed by atoms with Crippen molar-refractivity contribution in [3.05, 3.63) is 64.5 Å². The van der Waals surface area contributed by atoms with Gasteiger partial charge in [0.2, 0.25) is 0 Å². The molecule has 25 heavy (non-hydrogen) atoms. The van der Waals surface area contributed by atoms with Gasteiger partial charge in [-0.15, -0.1) is 0 Å². The molecule has 0 aliphatic heterocycles. The first-order valence-corrected chi connectivity index (χ1v) is 7.81. The number of ether oxygens (including phenoxy) is 1. The zero-order valence-electron chi connectivity index (χ0n) is 14.0. The van der Waals surface area contributed by atoms with Gasteiger partial charge in [-0.25, -0.2) is 0 Å². The fraction of sp³-hybridized carbons (Fsp3) is 0.222. The van der Waals surface area contributed by atoms with Crippen molar-refractivity contribution in [2.24, 2.45) is 0 Å². The number of hydrogen-bond donors (Lipinski definition) is 1. The average molecular weight is 338 g/mol. The van der Waals surface area contributed by atoms with Gasteiger partial charge in [0.15, 0.2) is 0 Å². The molecule has 0 radical (unpaired) electrons. The molecule has 7 nitrogen and oxygen atoms in total. The van der Waals surface area contributed by atoms with E-state index in [9.17, 15) is 9.59 Å². The molecule has 0 aromatic carbocycles. The number of anilines is 1. The molecule has 1 amide bonds. The second-order valence-corrected chi connectivity index (χ2v) is 5.56. The number of pyridine rings is 3. The monoisotopic (exact) mass is 338 g/mol. The van der Waals surface area contributed by atoms with Crippen molar-refractivity contribution in [3.63, 3.8) is 0 Å². The van der Waals surface area contributed by atoms with Crippen molar-refractivity contribution in [2.45, 2.75) is 13.5 Å². The third-order valence-corrected chi connectivity index (χ3v) is 3.85. The van der Waals surface area contributed by atoms with E-state index in [1.165, 1.54) is 0 Å². The Kier molecular flexibility index (Phi) is 4.85. The number of aromatic nitrogens is 3. The lowest BCUT2D eigenvalue weighted by Crippen LogP contribution is -2.23. The molecule has 0 fully saturated rings. The topological polar surface area (TPSA) is 86.1 Å². The van der Waals surface area contributed by atoms with Gasteiger partial charge in [-0.1, -0.05) is 0 Å². The van der Waals surface area contributed by atoms with Crippen LogP contribution in [-0.4, -0.2) is 34.2 Å². The molecule has 3 aromatic rings. The predicted molar refractivity (Wildman–Crippen MR) is 94.8 cm³/mol. The summed E-state index contributed by atoms with van der Waals surface area (Å²) >= 11 is 0. The Hall–Kier alpha value is -3.06. The quantitative estimate of drug-likeness (QED) is 0.769. The third kappa shape index (κ3) is 3.56. The fourth-order valence-electron chi connectivity index (χ4n) is 2.54. The average Bonchev–Trinajstić information content (AvgIpc) is 2.61. The Balaban J connectivity index is 2.00. The van der Waals surface area contributed by atoms with Gasteiger partial charge >= 0.3 is 0 Å². The molecule has 3 rings (SSSR count). The summed E-state index contributed by atoms with van der Waals surface area (Å²) in [6.45, 7) is 2.61. The lowest BCUT2D eigenvalue weighted by molar-refractivity contribution is 0.102. The highest BCUT2D eigenvalue weighted by atomic mass is 16.5. The summed E-state index contributed by atoms with van der Waals surface area (Å²) in [6, 6.07) is 6.83. The number of aryl methyl sites for hydroxylation is 1. The molecule has 0 saturated heterocycles. The van der Waals surface area contributed by atoms with E-state index in [2.05, 4.69) is 15.3 Å². The summed E-state index contributed by atoms with van der Waals surface area (Å²) in [4.78, 5) is 33.5. The first kappa shape index (κ1) is 16.8.